The minimum absolute atomic E-state index is 0.0148. The molecule has 0 amide bonds. The molecular weight excluding hydrogens is 198 g/mol. The number of hydrogen-bond acceptors (Lipinski definition) is 5. The van der Waals surface area contributed by atoms with E-state index in [9.17, 15) is 9.59 Å². The minimum atomic E-state index is -0.537. The molecule has 0 saturated carbocycles. The first kappa shape index (κ1) is 11.0. The van der Waals surface area contributed by atoms with E-state index in [0.29, 0.717) is 12.0 Å². The van der Waals surface area contributed by atoms with Crippen molar-refractivity contribution >= 4 is 24.2 Å². The molecule has 0 atom stereocenters. The van der Waals surface area contributed by atoms with Gasteiger partial charge in [0.05, 0.1) is 6.61 Å². The molecule has 0 spiro atoms. The molecule has 2 N–H and O–H groups in total. The van der Waals surface area contributed by atoms with Crippen LogP contribution in [0.25, 0.3) is 6.08 Å². The van der Waals surface area contributed by atoms with Crippen LogP contribution in [0.4, 0.5) is 5.88 Å². The van der Waals surface area contributed by atoms with Crippen molar-refractivity contribution in [2.75, 3.05) is 12.3 Å². The Morgan fingerprint density at radius 1 is 1.67 bits per heavy atom. The summed E-state index contributed by atoms with van der Waals surface area (Å²) in [5, 5.41) is 0. The van der Waals surface area contributed by atoms with Gasteiger partial charge in [-0.1, -0.05) is 0 Å². The van der Waals surface area contributed by atoms with Gasteiger partial charge in [-0.15, -0.1) is 0 Å². The third kappa shape index (κ3) is 2.70. The van der Waals surface area contributed by atoms with E-state index >= 15 is 0 Å². The van der Waals surface area contributed by atoms with Gasteiger partial charge in [-0.05, 0) is 19.1 Å². The highest BCUT2D eigenvalue weighted by Gasteiger charge is 2.15. The number of esters is 1. The van der Waals surface area contributed by atoms with Crippen molar-refractivity contribution in [2.45, 2.75) is 6.92 Å². The van der Waals surface area contributed by atoms with Crippen molar-refractivity contribution in [1.29, 1.82) is 0 Å². The highest BCUT2D eigenvalue weighted by molar-refractivity contribution is 5.94. The Kier molecular flexibility index (Phi) is 3.68. The molecule has 0 unspecified atom stereocenters. The molecule has 0 aromatic carbocycles. The molecule has 15 heavy (non-hydrogen) atoms. The number of ether oxygens (including phenoxy) is 1. The van der Waals surface area contributed by atoms with Gasteiger partial charge in [-0.3, -0.25) is 4.79 Å². The molecule has 1 rings (SSSR count). The summed E-state index contributed by atoms with van der Waals surface area (Å²) in [6, 6.07) is 1.42. The monoisotopic (exact) mass is 209 g/mol. The molecule has 1 heterocycles. The molecule has 80 valence electrons. The molecule has 1 aromatic rings. The first-order chi connectivity index (χ1) is 7.19. The van der Waals surface area contributed by atoms with E-state index in [4.69, 9.17) is 14.9 Å². The molecule has 0 bridgehead atoms. The Morgan fingerprint density at radius 3 is 3.00 bits per heavy atom. The Bertz CT molecular complexity index is 392. The van der Waals surface area contributed by atoms with E-state index in [1.165, 1.54) is 18.2 Å². The van der Waals surface area contributed by atoms with Gasteiger partial charge in [-0.2, -0.15) is 0 Å². The topological polar surface area (TPSA) is 82.5 Å². The zero-order chi connectivity index (χ0) is 11.3. The molecule has 0 radical (unpaired) electrons. The second kappa shape index (κ2) is 4.99. The smallest absolute Gasteiger partial charge is 0.343 e. The Hall–Kier alpha value is -2.04. The van der Waals surface area contributed by atoms with Crippen molar-refractivity contribution in [1.82, 2.24) is 0 Å². The van der Waals surface area contributed by atoms with Crippen LogP contribution >= 0.6 is 0 Å². The summed E-state index contributed by atoms with van der Waals surface area (Å²) in [5.74, 6) is -0.217. The Morgan fingerprint density at radius 2 is 2.40 bits per heavy atom. The first-order valence-electron chi connectivity index (χ1n) is 4.37. The normalized spacial score (nSPS) is 10.5. The van der Waals surface area contributed by atoms with Crippen LogP contribution in [-0.2, 0) is 9.53 Å². The highest BCUT2D eigenvalue weighted by atomic mass is 16.5. The zero-order valence-corrected chi connectivity index (χ0v) is 8.23. The van der Waals surface area contributed by atoms with E-state index < -0.39 is 5.97 Å². The lowest BCUT2D eigenvalue weighted by Gasteiger charge is -1.97. The number of rotatable bonds is 4. The van der Waals surface area contributed by atoms with Gasteiger partial charge < -0.3 is 14.9 Å². The largest absolute Gasteiger partial charge is 0.462 e. The van der Waals surface area contributed by atoms with Crippen LogP contribution in [0.15, 0.2) is 16.6 Å². The van der Waals surface area contributed by atoms with Gasteiger partial charge in [0.15, 0.2) is 0 Å². The standard InChI is InChI=1S/C10H11NO4/c1-2-14-10(13)8-6-7(4-3-5-12)15-9(8)11/h3-6H,2,11H2,1H3/b4-3+. The third-order valence-electron chi connectivity index (χ3n) is 1.61. The number of carbonyl (C=O) groups is 2. The average Bonchev–Trinajstić information content (AvgIpc) is 2.57. The van der Waals surface area contributed by atoms with Crippen molar-refractivity contribution < 1.29 is 18.7 Å². The fraction of sp³-hybridized carbons (Fsp3) is 0.200. The number of furan rings is 1. The lowest BCUT2D eigenvalue weighted by Crippen LogP contribution is -2.05. The molecule has 0 fully saturated rings. The molecule has 1 aromatic heterocycles. The Balaban J connectivity index is 2.90. The van der Waals surface area contributed by atoms with Gasteiger partial charge in [0.25, 0.3) is 0 Å². The summed E-state index contributed by atoms with van der Waals surface area (Å²) >= 11 is 0. The van der Waals surface area contributed by atoms with Crippen LogP contribution in [0.5, 0.6) is 0 Å². The number of nitrogens with two attached hydrogens (primary N) is 1. The van der Waals surface area contributed by atoms with Crippen molar-refractivity contribution in [3.63, 3.8) is 0 Å². The minimum Gasteiger partial charge on any atom is -0.462 e. The maximum Gasteiger partial charge on any atom is 0.343 e. The van der Waals surface area contributed by atoms with E-state index in [2.05, 4.69) is 0 Å². The molecular formula is C10H11NO4. The van der Waals surface area contributed by atoms with Crippen molar-refractivity contribution in [3.05, 3.63) is 23.5 Å². The van der Waals surface area contributed by atoms with Crippen LogP contribution in [0.3, 0.4) is 0 Å². The fourth-order valence-electron chi connectivity index (χ4n) is 1.01. The summed E-state index contributed by atoms with van der Waals surface area (Å²) in [6.07, 6.45) is 3.25. The molecule has 0 aliphatic carbocycles. The predicted molar refractivity (Wildman–Crippen MR) is 54.2 cm³/mol. The number of anilines is 1. The Labute approximate surface area is 86.5 Å². The van der Waals surface area contributed by atoms with E-state index in [-0.39, 0.29) is 18.1 Å². The molecule has 0 aliphatic rings. The van der Waals surface area contributed by atoms with Crippen LogP contribution in [0, 0.1) is 0 Å². The van der Waals surface area contributed by atoms with Gasteiger partial charge in [-0.25, -0.2) is 4.79 Å². The summed E-state index contributed by atoms with van der Waals surface area (Å²) in [5.41, 5.74) is 5.62. The van der Waals surface area contributed by atoms with Crippen molar-refractivity contribution in [3.8, 4) is 0 Å². The number of allylic oxidation sites excluding steroid dienone is 1. The van der Waals surface area contributed by atoms with Crippen LogP contribution in [0.1, 0.15) is 23.0 Å². The fourth-order valence-corrected chi connectivity index (χ4v) is 1.01. The highest BCUT2D eigenvalue weighted by Crippen LogP contribution is 2.19. The first-order valence-corrected chi connectivity index (χ1v) is 4.37. The third-order valence-corrected chi connectivity index (χ3v) is 1.61. The summed E-state index contributed by atoms with van der Waals surface area (Å²) in [6.45, 7) is 1.96. The second-order valence-corrected chi connectivity index (χ2v) is 2.64. The summed E-state index contributed by atoms with van der Waals surface area (Å²) < 4.78 is 9.77. The summed E-state index contributed by atoms with van der Waals surface area (Å²) in [7, 11) is 0. The number of hydrogen-bond donors (Lipinski definition) is 1. The lowest BCUT2D eigenvalue weighted by molar-refractivity contribution is -0.104. The molecule has 0 aliphatic heterocycles. The SMILES string of the molecule is CCOC(=O)c1cc(/C=C/C=O)oc1N. The molecule has 0 saturated heterocycles. The molecule has 5 nitrogen and oxygen atoms in total. The second-order valence-electron chi connectivity index (χ2n) is 2.64. The number of carbonyl (C=O) groups excluding carboxylic acids is 2. The molecule has 5 heteroatoms. The van der Waals surface area contributed by atoms with Gasteiger partial charge in [0, 0.05) is 6.07 Å². The summed E-state index contributed by atoms with van der Waals surface area (Å²) in [4.78, 5) is 21.4. The van der Waals surface area contributed by atoms with Crippen LogP contribution in [0.2, 0.25) is 0 Å². The average molecular weight is 209 g/mol. The van der Waals surface area contributed by atoms with Gasteiger partial charge >= 0.3 is 5.97 Å². The van der Waals surface area contributed by atoms with E-state index in [0.717, 1.165) is 0 Å². The van der Waals surface area contributed by atoms with Crippen LogP contribution in [-0.4, -0.2) is 18.9 Å². The maximum atomic E-state index is 11.3. The lowest BCUT2D eigenvalue weighted by atomic mass is 10.3. The van der Waals surface area contributed by atoms with Gasteiger partial charge in [0.2, 0.25) is 5.88 Å². The number of nitrogen functional groups attached to an aromatic ring is 1. The maximum absolute atomic E-state index is 11.3. The van der Waals surface area contributed by atoms with E-state index in [1.54, 1.807) is 6.92 Å². The van der Waals surface area contributed by atoms with Crippen molar-refractivity contribution in [2.24, 2.45) is 0 Å². The van der Waals surface area contributed by atoms with E-state index in [1.807, 2.05) is 0 Å². The number of aldehydes is 1. The van der Waals surface area contributed by atoms with Gasteiger partial charge in [0.1, 0.15) is 17.6 Å². The zero-order valence-electron chi connectivity index (χ0n) is 8.23. The van der Waals surface area contributed by atoms with Crippen LogP contribution < -0.4 is 5.73 Å². The predicted octanol–water partition coefficient (Wildman–Crippen LogP) is 1.25. The quantitative estimate of drug-likeness (QED) is 0.458.